The molecule has 0 radical (unpaired) electrons. The van der Waals surface area contributed by atoms with Crippen molar-refractivity contribution in [1.29, 1.82) is 0 Å². The minimum Gasteiger partial charge on any atom is -0.455 e. The van der Waals surface area contributed by atoms with Gasteiger partial charge in [-0.1, -0.05) is 40.5 Å². The van der Waals surface area contributed by atoms with E-state index in [9.17, 15) is 30.0 Å². The molecule has 8 heteroatoms. The zero-order chi connectivity index (χ0) is 21.8. The average molecular weight is 407 g/mol. The second kappa shape index (κ2) is 13.1. The van der Waals surface area contributed by atoms with Crippen molar-refractivity contribution < 1.29 is 39.5 Å². The summed E-state index contributed by atoms with van der Waals surface area (Å²) in [6, 6.07) is 0. The molecular weight excluding hydrogens is 368 g/mol. The molecule has 0 saturated carbocycles. The molecule has 0 aromatic rings. The molecule has 166 valence electrons. The number of unbranched alkanes of at least 4 members (excludes halogenated alkanes) is 2. The Hall–Kier alpha value is -1.22. The standard InChI is InChI=1S/C20H38O8/c1-5-9-11-19(7-3,13-21)27-17(25)15(23)16(24)18(26)28-20(8-4,14-22)12-10-6-2/h15-16,21-24H,5-14H2,1-4H3. The van der Waals surface area contributed by atoms with Gasteiger partial charge in [-0.25, -0.2) is 9.59 Å². The molecule has 0 rings (SSSR count). The van der Waals surface area contributed by atoms with Gasteiger partial charge in [0.1, 0.15) is 11.2 Å². The molecule has 0 fully saturated rings. The normalized spacial score (nSPS) is 17.9. The molecule has 0 aromatic heterocycles. The number of hydrogen-bond acceptors (Lipinski definition) is 8. The molecule has 4 unspecified atom stereocenters. The number of hydrogen-bond donors (Lipinski definition) is 4. The van der Waals surface area contributed by atoms with Crippen molar-refractivity contribution in [2.75, 3.05) is 13.2 Å². The van der Waals surface area contributed by atoms with E-state index in [-0.39, 0.29) is 0 Å². The van der Waals surface area contributed by atoms with E-state index in [1.54, 1.807) is 13.8 Å². The number of carbonyl (C=O) groups is 2. The van der Waals surface area contributed by atoms with E-state index in [2.05, 4.69) is 0 Å². The predicted octanol–water partition coefficient (Wildman–Crippen LogP) is 1.46. The Kier molecular flexibility index (Phi) is 12.5. The predicted molar refractivity (Wildman–Crippen MR) is 103 cm³/mol. The van der Waals surface area contributed by atoms with Crippen molar-refractivity contribution in [3.05, 3.63) is 0 Å². The SMILES string of the molecule is CCCCC(CC)(CO)OC(=O)C(O)C(O)C(=O)OC(CC)(CO)CCCC. The number of rotatable bonds is 15. The highest BCUT2D eigenvalue weighted by molar-refractivity contribution is 5.85. The van der Waals surface area contributed by atoms with Gasteiger partial charge in [0.25, 0.3) is 0 Å². The monoisotopic (exact) mass is 406 g/mol. The summed E-state index contributed by atoms with van der Waals surface area (Å²) in [7, 11) is 0. The van der Waals surface area contributed by atoms with Crippen molar-refractivity contribution >= 4 is 11.9 Å². The van der Waals surface area contributed by atoms with Gasteiger partial charge in [0.15, 0.2) is 12.2 Å². The van der Waals surface area contributed by atoms with Crippen molar-refractivity contribution in [2.24, 2.45) is 0 Å². The van der Waals surface area contributed by atoms with Crippen LogP contribution >= 0.6 is 0 Å². The fraction of sp³-hybridized carbons (Fsp3) is 0.900. The maximum absolute atomic E-state index is 12.3. The molecule has 0 amide bonds. The summed E-state index contributed by atoms with van der Waals surface area (Å²) in [6.45, 7) is 6.52. The molecule has 28 heavy (non-hydrogen) atoms. The summed E-state index contributed by atoms with van der Waals surface area (Å²) >= 11 is 0. The van der Waals surface area contributed by atoms with Crippen LogP contribution in [0.4, 0.5) is 0 Å². The molecule has 0 heterocycles. The van der Waals surface area contributed by atoms with Crippen LogP contribution in [-0.2, 0) is 19.1 Å². The Morgan fingerprint density at radius 3 is 1.29 bits per heavy atom. The van der Waals surface area contributed by atoms with Gasteiger partial charge in [0.2, 0.25) is 0 Å². The van der Waals surface area contributed by atoms with E-state index in [4.69, 9.17) is 9.47 Å². The molecule has 0 aromatic carbocycles. The topological polar surface area (TPSA) is 134 Å². The third-order valence-corrected chi connectivity index (χ3v) is 5.25. The fourth-order valence-electron chi connectivity index (χ4n) is 2.85. The lowest BCUT2D eigenvalue weighted by atomic mass is 9.94. The molecule has 8 nitrogen and oxygen atoms in total. The summed E-state index contributed by atoms with van der Waals surface area (Å²) in [4.78, 5) is 24.5. The number of esters is 2. The summed E-state index contributed by atoms with van der Waals surface area (Å²) in [5.74, 6) is -2.40. The molecule has 0 aliphatic rings. The lowest BCUT2D eigenvalue weighted by Gasteiger charge is -2.33. The van der Waals surface area contributed by atoms with E-state index in [0.717, 1.165) is 12.8 Å². The number of aliphatic hydroxyl groups is 4. The van der Waals surface area contributed by atoms with Crippen LogP contribution in [0.25, 0.3) is 0 Å². The molecule has 0 bridgehead atoms. The van der Waals surface area contributed by atoms with Crippen LogP contribution in [0.1, 0.15) is 79.1 Å². The summed E-state index contributed by atoms with van der Waals surface area (Å²) in [5.41, 5.74) is -2.34. The molecule has 4 N–H and O–H groups in total. The maximum Gasteiger partial charge on any atom is 0.338 e. The van der Waals surface area contributed by atoms with Crippen LogP contribution in [0.15, 0.2) is 0 Å². The van der Waals surface area contributed by atoms with Crippen molar-refractivity contribution in [3.63, 3.8) is 0 Å². The van der Waals surface area contributed by atoms with Crippen LogP contribution in [-0.4, -0.2) is 69.0 Å². The van der Waals surface area contributed by atoms with Crippen LogP contribution in [0.5, 0.6) is 0 Å². The van der Waals surface area contributed by atoms with E-state index in [0.29, 0.717) is 38.5 Å². The van der Waals surface area contributed by atoms with Gasteiger partial charge in [0, 0.05) is 0 Å². The Morgan fingerprint density at radius 2 is 1.07 bits per heavy atom. The van der Waals surface area contributed by atoms with Gasteiger partial charge >= 0.3 is 11.9 Å². The van der Waals surface area contributed by atoms with Gasteiger partial charge < -0.3 is 29.9 Å². The Morgan fingerprint density at radius 1 is 0.750 bits per heavy atom. The highest BCUT2D eigenvalue weighted by Crippen LogP contribution is 2.26. The van der Waals surface area contributed by atoms with Gasteiger partial charge in [-0.05, 0) is 38.5 Å². The highest BCUT2D eigenvalue weighted by Gasteiger charge is 2.41. The van der Waals surface area contributed by atoms with E-state index < -0.39 is 48.6 Å². The van der Waals surface area contributed by atoms with Crippen molar-refractivity contribution in [2.45, 2.75) is 102 Å². The van der Waals surface area contributed by atoms with Gasteiger partial charge in [-0.2, -0.15) is 0 Å². The van der Waals surface area contributed by atoms with Gasteiger partial charge in [-0.3, -0.25) is 0 Å². The van der Waals surface area contributed by atoms with Crippen LogP contribution in [0.2, 0.25) is 0 Å². The minimum atomic E-state index is -2.15. The fourth-order valence-corrected chi connectivity index (χ4v) is 2.85. The zero-order valence-corrected chi connectivity index (χ0v) is 17.6. The van der Waals surface area contributed by atoms with Gasteiger partial charge in [0.05, 0.1) is 13.2 Å². The quantitative estimate of drug-likeness (QED) is 0.300. The number of aliphatic hydroxyl groups excluding tert-OH is 4. The van der Waals surface area contributed by atoms with E-state index >= 15 is 0 Å². The third-order valence-electron chi connectivity index (χ3n) is 5.25. The summed E-state index contributed by atoms with van der Waals surface area (Å²) in [5, 5.41) is 39.5. The summed E-state index contributed by atoms with van der Waals surface area (Å²) < 4.78 is 10.5. The van der Waals surface area contributed by atoms with Crippen molar-refractivity contribution in [3.8, 4) is 0 Å². The lowest BCUT2D eigenvalue weighted by Crippen LogP contribution is -2.49. The molecule has 0 aliphatic heterocycles. The van der Waals surface area contributed by atoms with Crippen LogP contribution < -0.4 is 0 Å². The first-order valence-corrected chi connectivity index (χ1v) is 10.2. The first-order valence-electron chi connectivity index (χ1n) is 10.2. The third kappa shape index (κ3) is 7.66. The molecule has 0 saturated heterocycles. The van der Waals surface area contributed by atoms with Crippen LogP contribution in [0, 0.1) is 0 Å². The van der Waals surface area contributed by atoms with E-state index in [1.165, 1.54) is 0 Å². The number of carbonyl (C=O) groups excluding carboxylic acids is 2. The Labute approximate surface area is 167 Å². The molecular formula is C20H38O8. The Bertz CT molecular complexity index is 415. The second-order valence-electron chi connectivity index (χ2n) is 7.33. The molecule has 0 aliphatic carbocycles. The Balaban J connectivity index is 5.12. The molecule has 0 spiro atoms. The molecule has 4 atom stereocenters. The number of ether oxygens (including phenoxy) is 2. The minimum absolute atomic E-state index is 0.322. The lowest BCUT2D eigenvalue weighted by molar-refractivity contribution is -0.195. The van der Waals surface area contributed by atoms with Crippen molar-refractivity contribution in [1.82, 2.24) is 0 Å². The highest BCUT2D eigenvalue weighted by atomic mass is 16.6. The second-order valence-corrected chi connectivity index (χ2v) is 7.33. The van der Waals surface area contributed by atoms with Gasteiger partial charge in [-0.15, -0.1) is 0 Å². The first-order chi connectivity index (χ1) is 13.2. The maximum atomic E-state index is 12.3. The first kappa shape index (κ1) is 26.8. The largest absolute Gasteiger partial charge is 0.455 e. The van der Waals surface area contributed by atoms with E-state index in [1.807, 2.05) is 13.8 Å². The smallest absolute Gasteiger partial charge is 0.338 e. The zero-order valence-electron chi connectivity index (χ0n) is 17.6. The van der Waals surface area contributed by atoms with Crippen LogP contribution in [0.3, 0.4) is 0 Å². The summed E-state index contributed by atoms with van der Waals surface area (Å²) in [6.07, 6.45) is 0.212. The average Bonchev–Trinajstić information content (AvgIpc) is 2.72.